The van der Waals surface area contributed by atoms with Gasteiger partial charge in [0.05, 0.1) is 12.0 Å². The maximum absolute atomic E-state index is 11.9. The van der Waals surface area contributed by atoms with Gasteiger partial charge in [0, 0.05) is 11.3 Å². The second-order valence-corrected chi connectivity index (χ2v) is 7.03. The molecule has 0 rings (SSSR count). The molecule has 8 heteroatoms. The standard InChI is InChI=1S/C16H27NO6S/c1-6-24-10-9-22-14(19)16(4,5)11-23-15(20)17-7-8-21-13(18)12(2)3/h2,6-11H2,1,3-5H3,(H,17,20). The maximum Gasteiger partial charge on any atom is 0.407 e. The lowest BCUT2D eigenvalue weighted by atomic mass is 9.95. The number of alkyl carbamates (subject to hydrolysis) is 1. The highest BCUT2D eigenvalue weighted by molar-refractivity contribution is 7.99. The van der Waals surface area contributed by atoms with Gasteiger partial charge in [0.15, 0.2) is 0 Å². The van der Waals surface area contributed by atoms with E-state index >= 15 is 0 Å². The Hall–Kier alpha value is -1.70. The van der Waals surface area contributed by atoms with E-state index in [2.05, 4.69) is 11.9 Å². The van der Waals surface area contributed by atoms with Gasteiger partial charge in [0.25, 0.3) is 0 Å². The van der Waals surface area contributed by atoms with Crippen LogP contribution >= 0.6 is 11.8 Å². The molecule has 0 unspecified atom stereocenters. The van der Waals surface area contributed by atoms with Crippen LogP contribution in [0.1, 0.15) is 27.7 Å². The molecule has 0 saturated carbocycles. The molecule has 0 heterocycles. The minimum Gasteiger partial charge on any atom is -0.464 e. The van der Waals surface area contributed by atoms with Crippen LogP contribution in [-0.4, -0.2) is 55.9 Å². The van der Waals surface area contributed by atoms with Crippen molar-refractivity contribution in [2.45, 2.75) is 27.7 Å². The van der Waals surface area contributed by atoms with Crippen molar-refractivity contribution >= 4 is 29.8 Å². The Bertz CT molecular complexity index is 450. The number of carbonyl (C=O) groups excluding carboxylic acids is 3. The van der Waals surface area contributed by atoms with E-state index in [0.29, 0.717) is 6.61 Å². The first-order valence-electron chi connectivity index (χ1n) is 7.69. The van der Waals surface area contributed by atoms with E-state index in [1.54, 1.807) is 25.6 Å². The third-order valence-electron chi connectivity index (χ3n) is 2.73. The number of esters is 2. The molecule has 0 spiro atoms. The summed E-state index contributed by atoms with van der Waals surface area (Å²) in [7, 11) is 0. The number of hydrogen-bond acceptors (Lipinski definition) is 7. The van der Waals surface area contributed by atoms with E-state index in [9.17, 15) is 14.4 Å². The maximum atomic E-state index is 11.9. The van der Waals surface area contributed by atoms with Gasteiger partial charge in [0.2, 0.25) is 0 Å². The second kappa shape index (κ2) is 11.8. The average Bonchev–Trinajstić information content (AvgIpc) is 2.53. The van der Waals surface area contributed by atoms with Crippen LogP contribution in [0.15, 0.2) is 12.2 Å². The van der Waals surface area contributed by atoms with Gasteiger partial charge in [-0.15, -0.1) is 0 Å². The molecule has 0 aromatic carbocycles. The van der Waals surface area contributed by atoms with Gasteiger partial charge >= 0.3 is 18.0 Å². The highest BCUT2D eigenvalue weighted by Crippen LogP contribution is 2.18. The molecule has 0 aliphatic heterocycles. The lowest BCUT2D eigenvalue weighted by Gasteiger charge is -2.22. The summed E-state index contributed by atoms with van der Waals surface area (Å²) >= 11 is 1.68. The van der Waals surface area contributed by atoms with E-state index in [1.165, 1.54) is 6.92 Å². The van der Waals surface area contributed by atoms with Crippen molar-refractivity contribution in [2.24, 2.45) is 5.41 Å². The number of rotatable bonds is 11. The molecule has 7 nitrogen and oxygen atoms in total. The summed E-state index contributed by atoms with van der Waals surface area (Å²) < 4.78 is 15.0. The Morgan fingerprint density at radius 2 is 1.79 bits per heavy atom. The molecule has 1 N–H and O–H groups in total. The van der Waals surface area contributed by atoms with E-state index in [0.717, 1.165) is 11.5 Å². The predicted molar refractivity (Wildman–Crippen MR) is 92.9 cm³/mol. The molecule has 0 aromatic rings. The van der Waals surface area contributed by atoms with Crippen LogP contribution in [0.2, 0.25) is 0 Å². The minimum atomic E-state index is -0.930. The van der Waals surface area contributed by atoms with Crippen molar-refractivity contribution < 1.29 is 28.6 Å². The molecule has 0 aliphatic rings. The highest BCUT2D eigenvalue weighted by Gasteiger charge is 2.31. The quantitative estimate of drug-likeness (QED) is 0.261. The topological polar surface area (TPSA) is 90.9 Å². The Kier molecular flexibility index (Phi) is 10.9. The van der Waals surface area contributed by atoms with Crippen molar-refractivity contribution in [3.05, 3.63) is 12.2 Å². The molecule has 0 aromatic heterocycles. The van der Waals surface area contributed by atoms with Crippen LogP contribution in [0.5, 0.6) is 0 Å². The summed E-state index contributed by atoms with van der Waals surface area (Å²) in [4.78, 5) is 34.6. The molecule has 0 aliphatic carbocycles. The molecule has 24 heavy (non-hydrogen) atoms. The van der Waals surface area contributed by atoms with Crippen molar-refractivity contribution in [1.29, 1.82) is 0 Å². The fourth-order valence-corrected chi connectivity index (χ4v) is 1.80. The Labute approximate surface area is 147 Å². The largest absolute Gasteiger partial charge is 0.464 e. The third kappa shape index (κ3) is 10.1. The number of amides is 1. The molecule has 0 saturated heterocycles. The fourth-order valence-electron chi connectivity index (χ4n) is 1.31. The normalized spacial score (nSPS) is 10.7. The monoisotopic (exact) mass is 361 g/mol. The van der Waals surface area contributed by atoms with E-state index < -0.39 is 23.4 Å². The van der Waals surface area contributed by atoms with Crippen LogP contribution in [-0.2, 0) is 23.8 Å². The van der Waals surface area contributed by atoms with Gasteiger partial charge < -0.3 is 19.5 Å². The Morgan fingerprint density at radius 3 is 2.38 bits per heavy atom. The van der Waals surface area contributed by atoms with Gasteiger partial charge in [-0.1, -0.05) is 13.5 Å². The molecule has 0 bridgehead atoms. The zero-order valence-electron chi connectivity index (χ0n) is 14.8. The molecule has 1 amide bonds. The summed E-state index contributed by atoms with van der Waals surface area (Å²) in [5.74, 6) is 0.770. The Morgan fingerprint density at radius 1 is 1.12 bits per heavy atom. The minimum absolute atomic E-state index is 0.0152. The van der Waals surface area contributed by atoms with Crippen molar-refractivity contribution in [2.75, 3.05) is 37.9 Å². The number of nitrogens with one attached hydrogen (secondary N) is 1. The SMILES string of the molecule is C=C(C)C(=O)OCCNC(=O)OCC(C)(C)C(=O)OCCSCC. The molecular formula is C16H27NO6S. The fraction of sp³-hybridized carbons (Fsp3) is 0.688. The van der Waals surface area contributed by atoms with Gasteiger partial charge in [-0.05, 0) is 26.5 Å². The summed E-state index contributed by atoms with van der Waals surface area (Å²) in [6.07, 6.45) is -0.691. The molecular weight excluding hydrogens is 334 g/mol. The van der Waals surface area contributed by atoms with Crippen LogP contribution in [0.3, 0.4) is 0 Å². The zero-order valence-corrected chi connectivity index (χ0v) is 15.6. The number of carbonyl (C=O) groups is 3. The van der Waals surface area contributed by atoms with Crippen molar-refractivity contribution in [3.63, 3.8) is 0 Å². The lowest BCUT2D eigenvalue weighted by molar-refractivity contribution is -0.155. The number of hydrogen-bond donors (Lipinski definition) is 1. The summed E-state index contributed by atoms with van der Waals surface area (Å²) in [6, 6.07) is 0. The van der Waals surface area contributed by atoms with Crippen LogP contribution in [0.4, 0.5) is 4.79 Å². The zero-order chi connectivity index (χ0) is 18.6. The van der Waals surface area contributed by atoms with Crippen LogP contribution in [0.25, 0.3) is 0 Å². The van der Waals surface area contributed by atoms with Gasteiger partial charge in [0.1, 0.15) is 19.8 Å². The first-order valence-corrected chi connectivity index (χ1v) is 8.84. The van der Waals surface area contributed by atoms with E-state index in [-0.39, 0.29) is 25.3 Å². The van der Waals surface area contributed by atoms with Crippen LogP contribution < -0.4 is 5.32 Å². The molecule has 0 atom stereocenters. The van der Waals surface area contributed by atoms with Crippen LogP contribution in [0, 0.1) is 5.41 Å². The van der Waals surface area contributed by atoms with Crippen molar-refractivity contribution in [1.82, 2.24) is 5.32 Å². The molecule has 0 radical (unpaired) electrons. The Balaban J connectivity index is 3.95. The predicted octanol–water partition coefficient (Wildman–Crippen LogP) is 2.15. The molecule has 138 valence electrons. The summed E-state index contributed by atoms with van der Waals surface area (Å²) in [5.41, 5.74) is -0.643. The van der Waals surface area contributed by atoms with Crippen molar-refractivity contribution in [3.8, 4) is 0 Å². The van der Waals surface area contributed by atoms with E-state index in [1.807, 2.05) is 6.92 Å². The number of thioether (sulfide) groups is 1. The van der Waals surface area contributed by atoms with E-state index in [4.69, 9.17) is 14.2 Å². The number of ether oxygens (including phenoxy) is 3. The van der Waals surface area contributed by atoms with Gasteiger partial charge in [-0.25, -0.2) is 9.59 Å². The average molecular weight is 361 g/mol. The second-order valence-electron chi connectivity index (χ2n) is 5.64. The first kappa shape index (κ1) is 22.3. The lowest BCUT2D eigenvalue weighted by Crippen LogP contribution is -2.36. The highest BCUT2D eigenvalue weighted by atomic mass is 32.2. The molecule has 0 fully saturated rings. The smallest absolute Gasteiger partial charge is 0.407 e. The third-order valence-corrected chi connectivity index (χ3v) is 3.60. The summed E-state index contributed by atoms with van der Waals surface area (Å²) in [6.45, 7) is 10.6. The summed E-state index contributed by atoms with van der Waals surface area (Å²) in [5, 5.41) is 2.42. The first-order chi connectivity index (χ1) is 11.2. The van der Waals surface area contributed by atoms with Gasteiger partial charge in [-0.2, -0.15) is 11.8 Å². The van der Waals surface area contributed by atoms with Gasteiger partial charge in [-0.3, -0.25) is 4.79 Å².